The average Bonchev–Trinajstić information content (AvgIpc) is 2.65. The highest BCUT2D eigenvalue weighted by atomic mass is 14.8. The van der Waals surface area contributed by atoms with Crippen LogP contribution in [0.2, 0.25) is 0 Å². The summed E-state index contributed by atoms with van der Waals surface area (Å²) in [6.07, 6.45) is 1.91. The molecule has 1 aromatic carbocycles. The molecule has 0 radical (unpaired) electrons. The second-order valence-corrected chi connectivity index (χ2v) is 5.50. The second kappa shape index (κ2) is 3.33. The third-order valence-electron chi connectivity index (χ3n) is 3.14. The maximum absolute atomic E-state index is 4.54. The number of nitrogens with zero attached hydrogens (tertiary/aromatic N) is 1. The summed E-state index contributed by atoms with van der Waals surface area (Å²) in [7, 11) is 0. The Hall–Kier alpha value is -1.83. The molecule has 86 valence electrons. The minimum atomic E-state index is 0.0559. The van der Waals surface area contributed by atoms with Gasteiger partial charge in [0.25, 0.3) is 0 Å². The number of H-pyrrole nitrogens is 1. The van der Waals surface area contributed by atoms with Crippen LogP contribution in [0, 0.1) is 0 Å². The molecule has 1 N–H and O–H groups in total. The molecule has 0 fully saturated rings. The summed E-state index contributed by atoms with van der Waals surface area (Å²) < 4.78 is 0. The SMILES string of the molecule is CC(C)(C)c1nccc2c1[nH]c1ccccc12. The van der Waals surface area contributed by atoms with Crippen LogP contribution in [0.1, 0.15) is 26.5 Å². The first-order valence-electron chi connectivity index (χ1n) is 5.93. The minimum Gasteiger partial charge on any atom is -0.353 e. The molecule has 0 aliphatic rings. The zero-order valence-electron chi connectivity index (χ0n) is 10.4. The smallest absolute Gasteiger partial charge is 0.0697 e. The van der Waals surface area contributed by atoms with Gasteiger partial charge in [0.05, 0.1) is 11.2 Å². The highest BCUT2D eigenvalue weighted by molar-refractivity contribution is 6.07. The van der Waals surface area contributed by atoms with Crippen LogP contribution < -0.4 is 0 Å². The highest BCUT2D eigenvalue weighted by Gasteiger charge is 2.20. The van der Waals surface area contributed by atoms with Gasteiger partial charge in [-0.25, -0.2) is 0 Å². The zero-order chi connectivity index (χ0) is 12.0. The van der Waals surface area contributed by atoms with E-state index in [1.54, 1.807) is 0 Å². The van der Waals surface area contributed by atoms with E-state index in [1.165, 1.54) is 21.8 Å². The number of benzene rings is 1. The summed E-state index contributed by atoms with van der Waals surface area (Å²) in [5, 5.41) is 2.54. The third-order valence-corrected chi connectivity index (χ3v) is 3.14. The Balaban J connectivity index is 2.48. The van der Waals surface area contributed by atoms with E-state index in [0.29, 0.717) is 0 Å². The Bertz CT molecular complexity index is 687. The van der Waals surface area contributed by atoms with Crippen LogP contribution in [0.4, 0.5) is 0 Å². The van der Waals surface area contributed by atoms with Gasteiger partial charge in [-0.05, 0) is 12.1 Å². The van der Waals surface area contributed by atoms with Crippen LogP contribution >= 0.6 is 0 Å². The van der Waals surface area contributed by atoms with E-state index in [9.17, 15) is 0 Å². The molecular formula is C15H16N2. The van der Waals surface area contributed by atoms with Gasteiger partial charge in [-0.1, -0.05) is 39.0 Å². The number of nitrogens with one attached hydrogen (secondary N) is 1. The van der Waals surface area contributed by atoms with E-state index in [1.807, 2.05) is 6.20 Å². The highest BCUT2D eigenvalue weighted by Crippen LogP contribution is 2.31. The molecule has 0 amide bonds. The minimum absolute atomic E-state index is 0.0559. The molecule has 0 aliphatic heterocycles. The molecule has 0 saturated heterocycles. The van der Waals surface area contributed by atoms with Crippen LogP contribution in [0.5, 0.6) is 0 Å². The van der Waals surface area contributed by atoms with Crippen molar-refractivity contribution in [3.63, 3.8) is 0 Å². The fourth-order valence-corrected chi connectivity index (χ4v) is 2.34. The van der Waals surface area contributed by atoms with Gasteiger partial charge in [-0.3, -0.25) is 4.98 Å². The van der Waals surface area contributed by atoms with Crippen molar-refractivity contribution in [1.82, 2.24) is 9.97 Å². The lowest BCUT2D eigenvalue weighted by Gasteiger charge is -2.18. The van der Waals surface area contributed by atoms with Crippen molar-refractivity contribution in [3.8, 4) is 0 Å². The summed E-state index contributed by atoms with van der Waals surface area (Å²) in [5.74, 6) is 0. The Kier molecular flexibility index (Phi) is 2.02. The zero-order valence-corrected chi connectivity index (χ0v) is 10.4. The van der Waals surface area contributed by atoms with Crippen molar-refractivity contribution in [2.45, 2.75) is 26.2 Å². The first kappa shape index (κ1) is 10.3. The number of aromatic nitrogens is 2. The van der Waals surface area contributed by atoms with Crippen LogP contribution in [0.15, 0.2) is 36.5 Å². The quantitative estimate of drug-likeness (QED) is 0.614. The van der Waals surface area contributed by atoms with Crippen molar-refractivity contribution in [2.24, 2.45) is 0 Å². The van der Waals surface area contributed by atoms with Gasteiger partial charge < -0.3 is 4.98 Å². The van der Waals surface area contributed by atoms with Crippen molar-refractivity contribution in [1.29, 1.82) is 0 Å². The molecule has 0 atom stereocenters. The van der Waals surface area contributed by atoms with E-state index >= 15 is 0 Å². The van der Waals surface area contributed by atoms with Crippen molar-refractivity contribution >= 4 is 21.8 Å². The number of para-hydroxylation sites is 1. The molecule has 0 bridgehead atoms. The lowest BCUT2D eigenvalue weighted by atomic mass is 9.90. The van der Waals surface area contributed by atoms with Crippen LogP contribution in [0.3, 0.4) is 0 Å². The fraction of sp³-hybridized carbons (Fsp3) is 0.267. The van der Waals surface area contributed by atoms with Gasteiger partial charge in [0.1, 0.15) is 0 Å². The van der Waals surface area contributed by atoms with Gasteiger partial charge in [0.2, 0.25) is 0 Å². The van der Waals surface area contributed by atoms with E-state index in [4.69, 9.17) is 0 Å². The van der Waals surface area contributed by atoms with E-state index in [-0.39, 0.29) is 5.41 Å². The lowest BCUT2D eigenvalue weighted by molar-refractivity contribution is 0.574. The predicted molar refractivity (Wildman–Crippen MR) is 72.3 cm³/mol. The lowest BCUT2D eigenvalue weighted by Crippen LogP contribution is -2.13. The molecule has 2 heteroatoms. The predicted octanol–water partition coefficient (Wildman–Crippen LogP) is 4.01. The Morgan fingerprint density at radius 1 is 1.00 bits per heavy atom. The van der Waals surface area contributed by atoms with E-state index in [2.05, 4.69) is 61.1 Å². The van der Waals surface area contributed by atoms with Gasteiger partial charge in [0.15, 0.2) is 0 Å². The van der Waals surface area contributed by atoms with Crippen molar-refractivity contribution in [3.05, 3.63) is 42.2 Å². The van der Waals surface area contributed by atoms with Crippen LogP contribution in [0.25, 0.3) is 21.8 Å². The Morgan fingerprint density at radius 3 is 2.53 bits per heavy atom. The molecule has 0 saturated carbocycles. The van der Waals surface area contributed by atoms with Gasteiger partial charge in [0, 0.05) is 27.9 Å². The summed E-state index contributed by atoms with van der Waals surface area (Å²) in [6.45, 7) is 6.58. The first-order chi connectivity index (χ1) is 8.07. The standard InChI is InChI=1S/C15H16N2/c1-15(2,3)14-13-11(8-9-16-14)10-6-4-5-7-12(10)17-13/h4-9,17H,1-3H3. The summed E-state index contributed by atoms with van der Waals surface area (Å²) in [5.41, 5.74) is 3.54. The molecule has 2 heterocycles. The largest absolute Gasteiger partial charge is 0.353 e. The summed E-state index contributed by atoms with van der Waals surface area (Å²) in [6, 6.07) is 10.5. The maximum atomic E-state index is 4.54. The fourth-order valence-electron chi connectivity index (χ4n) is 2.34. The number of aromatic amines is 1. The molecular weight excluding hydrogens is 208 g/mol. The molecule has 2 aromatic heterocycles. The van der Waals surface area contributed by atoms with E-state index < -0.39 is 0 Å². The topological polar surface area (TPSA) is 28.7 Å². The van der Waals surface area contributed by atoms with Gasteiger partial charge in [-0.15, -0.1) is 0 Å². The van der Waals surface area contributed by atoms with Gasteiger partial charge in [-0.2, -0.15) is 0 Å². The monoisotopic (exact) mass is 224 g/mol. The molecule has 3 aromatic rings. The Morgan fingerprint density at radius 2 is 1.76 bits per heavy atom. The molecule has 3 rings (SSSR count). The third kappa shape index (κ3) is 1.52. The second-order valence-electron chi connectivity index (χ2n) is 5.50. The molecule has 2 nitrogen and oxygen atoms in total. The van der Waals surface area contributed by atoms with E-state index in [0.717, 1.165) is 5.69 Å². The Labute approximate surface area is 101 Å². The summed E-state index contributed by atoms with van der Waals surface area (Å²) in [4.78, 5) is 8.03. The average molecular weight is 224 g/mol. The molecule has 0 spiro atoms. The van der Waals surface area contributed by atoms with Crippen molar-refractivity contribution in [2.75, 3.05) is 0 Å². The number of pyridine rings is 1. The number of hydrogen-bond donors (Lipinski definition) is 1. The number of hydrogen-bond acceptors (Lipinski definition) is 1. The first-order valence-corrected chi connectivity index (χ1v) is 5.93. The van der Waals surface area contributed by atoms with Crippen LogP contribution in [-0.4, -0.2) is 9.97 Å². The number of rotatable bonds is 0. The normalized spacial score (nSPS) is 12.4. The van der Waals surface area contributed by atoms with Gasteiger partial charge >= 0.3 is 0 Å². The molecule has 0 unspecified atom stereocenters. The summed E-state index contributed by atoms with van der Waals surface area (Å²) >= 11 is 0. The number of fused-ring (bicyclic) bond motifs is 3. The van der Waals surface area contributed by atoms with Crippen molar-refractivity contribution < 1.29 is 0 Å². The molecule has 0 aliphatic carbocycles. The maximum Gasteiger partial charge on any atom is 0.0697 e. The van der Waals surface area contributed by atoms with Crippen LogP contribution in [-0.2, 0) is 5.41 Å². The molecule has 17 heavy (non-hydrogen) atoms.